The van der Waals surface area contributed by atoms with E-state index in [1.165, 1.54) is 0 Å². The van der Waals surface area contributed by atoms with E-state index in [2.05, 4.69) is 0 Å². The van der Waals surface area contributed by atoms with Crippen molar-refractivity contribution in [1.29, 1.82) is 0 Å². The molecule has 6 heteroatoms. The molecule has 19 heavy (non-hydrogen) atoms. The Balaban J connectivity index is 0.00000324. The molecule has 0 saturated carbocycles. The van der Waals surface area contributed by atoms with Crippen LogP contribution in [0.4, 0.5) is 4.79 Å². The first-order valence-corrected chi connectivity index (χ1v) is 5.76. The maximum atomic E-state index is 12.0. The summed E-state index contributed by atoms with van der Waals surface area (Å²) in [7, 11) is 0. The van der Waals surface area contributed by atoms with Crippen LogP contribution in [0.15, 0.2) is 24.3 Å². The van der Waals surface area contributed by atoms with E-state index in [0.717, 1.165) is 4.90 Å². The Morgan fingerprint density at radius 2 is 1.79 bits per heavy atom. The summed E-state index contributed by atoms with van der Waals surface area (Å²) >= 11 is 0. The van der Waals surface area contributed by atoms with E-state index < -0.39 is 18.0 Å². The van der Waals surface area contributed by atoms with Crippen molar-refractivity contribution in [1.82, 2.24) is 4.90 Å². The van der Waals surface area contributed by atoms with Crippen molar-refractivity contribution in [3.8, 4) is 5.75 Å². The summed E-state index contributed by atoms with van der Waals surface area (Å²) in [4.78, 5) is 23.8. The van der Waals surface area contributed by atoms with Crippen molar-refractivity contribution < 1.29 is 19.4 Å². The zero-order chi connectivity index (χ0) is 13.7. The molecule has 0 fully saturated rings. The molecule has 2 amide bonds. The van der Waals surface area contributed by atoms with Gasteiger partial charge in [-0.3, -0.25) is 4.79 Å². The number of benzene rings is 1. The lowest BCUT2D eigenvalue weighted by Gasteiger charge is -2.21. The quantitative estimate of drug-likeness (QED) is 0.924. The van der Waals surface area contributed by atoms with Gasteiger partial charge >= 0.3 is 6.09 Å². The first-order valence-electron chi connectivity index (χ1n) is 5.76. The highest BCUT2D eigenvalue weighted by atomic mass is 35.5. The summed E-state index contributed by atoms with van der Waals surface area (Å²) in [5, 5.41) is 8.99. The number of carbonyl (C=O) groups excluding carboxylic acids is 1. The molecule has 0 unspecified atom stereocenters. The lowest BCUT2D eigenvalue weighted by Crippen LogP contribution is -2.40. The number of halogens is 1. The van der Waals surface area contributed by atoms with E-state index in [1.54, 1.807) is 38.1 Å². The van der Waals surface area contributed by atoms with Gasteiger partial charge in [-0.05, 0) is 45.0 Å². The van der Waals surface area contributed by atoms with E-state index in [0.29, 0.717) is 17.9 Å². The van der Waals surface area contributed by atoms with Gasteiger partial charge in [0.1, 0.15) is 5.75 Å². The Hall–Kier alpha value is -1.75. The number of carboxylic acid groups (broad SMARTS) is 1. The van der Waals surface area contributed by atoms with Crippen LogP contribution in [0.3, 0.4) is 0 Å². The van der Waals surface area contributed by atoms with Gasteiger partial charge in [0, 0.05) is 11.6 Å². The highest BCUT2D eigenvalue weighted by Crippen LogP contribution is 2.15. The number of nitrogens with zero attached hydrogens (tertiary/aromatic N) is 1. The second-order valence-electron chi connectivity index (χ2n) is 4.01. The van der Waals surface area contributed by atoms with Crippen molar-refractivity contribution >= 4 is 24.4 Å². The molecule has 1 aromatic rings. The third-order valence-corrected chi connectivity index (χ3v) is 2.35. The molecule has 0 spiro atoms. The minimum atomic E-state index is -1.25. The second-order valence-corrected chi connectivity index (χ2v) is 4.01. The van der Waals surface area contributed by atoms with Gasteiger partial charge in [0.2, 0.25) is 0 Å². The summed E-state index contributed by atoms with van der Waals surface area (Å²) in [5.74, 6) is 0.126. The van der Waals surface area contributed by atoms with E-state index in [4.69, 9.17) is 9.84 Å². The molecule has 0 aliphatic heterocycles. The van der Waals surface area contributed by atoms with Crippen LogP contribution < -0.4 is 4.74 Å². The third kappa shape index (κ3) is 4.44. The van der Waals surface area contributed by atoms with E-state index in [-0.39, 0.29) is 12.4 Å². The van der Waals surface area contributed by atoms with Crippen molar-refractivity contribution in [3.05, 3.63) is 29.8 Å². The van der Waals surface area contributed by atoms with Gasteiger partial charge in [0.05, 0.1) is 6.61 Å². The molecule has 0 aliphatic carbocycles. The molecule has 0 aromatic heterocycles. The third-order valence-electron chi connectivity index (χ3n) is 2.35. The minimum absolute atomic E-state index is 0. The number of hydrogen-bond acceptors (Lipinski definition) is 3. The van der Waals surface area contributed by atoms with Crippen LogP contribution in [0.1, 0.15) is 31.1 Å². The van der Waals surface area contributed by atoms with Crippen LogP contribution in [0.25, 0.3) is 0 Å². The van der Waals surface area contributed by atoms with Gasteiger partial charge in [-0.2, -0.15) is 0 Å². The SMILES string of the molecule is CCOc1ccc(C(=O)N(C(=O)O)C(C)C)cc1.Cl. The van der Waals surface area contributed by atoms with Crippen LogP contribution in [-0.2, 0) is 0 Å². The average Bonchev–Trinajstić information content (AvgIpc) is 2.29. The van der Waals surface area contributed by atoms with E-state index in [1.807, 2.05) is 6.92 Å². The predicted molar refractivity (Wildman–Crippen MR) is 74.2 cm³/mol. The number of amides is 2. The monoisotopic (exact) mass is 287 g/mol. The maximum Gasteiger partial charge on any atom is 0.414 e. The highest BCUT2D eigenvalue weighted by Gasteiger charge is 2.24. The number of imide groups is 1. The number of ether oxygens (including phenoxy) is 1. The van der Waals surface area contributed by atoms with Crippen molar-refractivity contribution in [2.75, 3.05) is 6.61 Å². The molecule has 0 atom stereocenters. The Labute approximate surface area is 118 Å². The molecular formula is C13H18ClNO4. The summed E-state index contributed by atoms with van der Waals surface area (Å²) in [5.41, 5.74) is 0.328. The van der Waals surface area contributed by atoms with Crippen molar-refractivity contribution in [3.63, 3.8) is 0 Å². The predicted octanol–water partition coefficient (Wildman–Crippen LogP) is 3.04. The normalized spacial score (nSPS) is 9.68. The standard InChI is InChI=1S/C13H17NO4.ClH/c1-4-18-11-7-5-10(6-8-11)12(15)14(9(2)3)13(16)17;/h5-9H,4H2,1-3H3,(H,16,17);1H. The van der Waals surface area contributed by atoms with Crippen LogP contribution in [-0.4, -0.2) is 34.7 Å². The lowest BCUT2D eigenvalue weighted by molar-refractivity contribution is 0.0693. The molecule has 1 rings (SSSR count). The average molecular weight is 288 g/mol. The molecule has 0 bridgehead atoms. The zero-order valence-corrected chi connectivity index (χ0v) is 11.9. The fraction of sp³-hybridized carbons (Fsp3) is 0.385. The van der Waals surface area contributed by atoms with Gasteiger partial charge in [0.15, 0.2) is 0 Å². The summed E-state index contributed by atoms with van der Waals surface area (Å²) < 4.78 is 5.25. The van der Waals surface area contributed by atoms with Crippen molar-refractivity contribution in [2.24, 2.45) is 0 Å². The van der Waals surface area contributed by atoms with Crippen LogP contribution in [0.5, 0.6) is 5.75 Å². The van der Waals surface area contributed by atoms with E-state index in [9.17, 15) is 9.59 Å². The van der Waals surface area contributed by atoms with Crippen LogP contribution >= 0.6 is 12.4 Å². The zero-order valence-electron chi connectivity index (χ0n) is 11.1. The molecule has 106 valence electrons. The molecule has 0 heterocycles. The largest absolute Gasteiger partial charge is 0.494 e. The number of rotatable bonds is 4. The smallest absolute Gasteiger partial charge is 0.414 e. The number of carbonyl (C=O) groups is 2. The summed E-state index contributed by atoms with van der Waals surface area (Å²) in [6.45, 7) is 5.71. The Morgan fingerprint density at radius 1 is 1.26 bits per heavy atom. The first kappa shape index (κ1) is 17.2. The fourth-order valence-electron chi connectivity index (χ4n) is 1.54. The lowest BCUT2D eigenvalue weighted by atomic mass is 10.1. The summed E-state index contributed by atoms with van der Waals surface area (Å²) in [6, 6.07) is 6.02. The van der Waals surface area contributed by atoms with Crippen LogP contribution in [0, 0.1) is 0 Å². The van der Waals surface area contributed by atoms with Gasteiger partial charge in [0.25, 0.3) is 5.91 Å². The summed E-state index contributed by atoms with van der Waals surface area (Å²) in [6.07, 6.45) is -1.25. The highest BCUT2D eigenvalue weighted by molar-refractivity contribution is 6.02. The van der Waals surface area contributed by atoms with Gasteiger partial charge in [-0.25, -0.2) is 9.69 Å². The molecule has 0 radical (unpaired) electrons. The van der Waals surface area contributed by atoms with Gasteiger partial charge in [-0.1, -0.05) is 0 Å². The molecule has 0 aliphatic rings. The molecule has 1 aromatic carbocycles. The Kier molecular flexibility index (Phi) is 6.93. The number of hydrogen-bond donors (Lipinski definition) is 1. The second kappa shape index (κ2) is 7.63. The van der Waals surface area contributed by atoms with Crippen molar-refractivity contribution in [2.45, 2.75) is 26.8 Å². The molecule has 1 N–H and O–H groups in total. The van der Waals surface area contributed by atoms with E-state index >= 15 is 0 Å². The van der Waals surface area contributed by atoms with Gasteiger partial charge in [-0.15, -0.1) is 12.4 Å². The van der Waals surface area contributed by atoms with Crippen LogP contribution in [0.2, 0.25) is 0 Å². The van der Waals surface area contributed by atoms with Gasteiger partial charge < -0.3 is 9.84 Å². The maximum absolute atomic E-state index is 12.0. The Morgan fingerprint density at radius 3 is 2.16 bits per heavy atom. The Bertz CT molecular complexity index is 431. The topological polar surface area (TPSA) is 66.8 Å². The fourth-order valence-corrected chi connectivity index (χ4v) is 1.54. The minimum Gasteiger partial charge on any atom is -0.494 e. The molecule has 5 nitrogen and oxygen atoms in total. The molecular weight excluding hydrogens is 270 g/mol. The molecule has 0 saturated heterocycles. The first-order chi connectivity index (χ1) is 8.47.